The second kappa shape index (κ2) is 4.62. The normalized spacial score (nSPS) is 9.64. The summed E-state index contributed by atoms with van der Waals surface area (Å²) >= 11 is 0. The molecule has 0 unspecified atom stereocenters. The minimum Gasteiger partial charge on any atom is -0.352 e. The maximum atomic E-state index is 11.6. The molecule has 0 atom stereocenters. The Morgan fingerprint density at radius 2 is 2.21 bits per heavy atom. The Bertz CT molecular complexity index is 336. The standard InChI is InChI=1S/C10H15N3O/c1-3-12-10(14)9-6-8(13-11)5-4-7(9)2/h4-6,13H,3,11H2,1-2H3,(H,12,14). The molecule has 0 radical (unpaired) electrons. The molecule has 1 aromatic rings. The van der Waals surface area contributed by atoms with Gasteiger partial charge >= 0.3 is 0 Å². The molecule has 0 spiro atoms. The lowest BCUT2D eigenvalue weighted by molar-refractivity contribution is 0.0955. The van der Waals surface area contributed by atoms with Crippen LogP contribution in [-0.2, 0) is 0 Å². The Labute approximate surface area is 83.5 Å². The summed E-state index contributed by atoms with van der Waals surface area (Å²) in [6, 6.07) is 5.43. The SMILES string of the molecule is CCNC(=O)c1cc(NN)ccc1C. The van der Waals surface area contributed by atoms with Crippen LogP contribution in [0.2, 0.25) is 0 Å². The largest absolute Gasteiger partial charge is 0.352 e. The van der Waals surface area contributed by atoms with Gasteiger partial charge in [-0.3, -0.25) is 10.6 Å². The summed E-state index contributed by atoms with van der Waals surface area (Å²) in [5.41, 5.74) is 4.84. The predicted molar refractivity (Wildman–Crippen MR) is 57.0 cm³/mol. The fraction of sp³-hybridized carbons (Fsp3) is 0.300. The molecule has 76 valence electrons. The van der Waals surface area contributed by atoms with Gasteiger partial charge in [0.05, 0.1) is 0 Å². The van der Waals surface area contributed by atoms with E-state index in [0.29, 0.717) is 12.1 Å². The van der Waals surface area contributed by atoms with E-state index in [1.807, 2.05) is 26.0 Å². The number of amides is 1. The zero-order valence-corrected chi connectivity index (χ0v) is 8.42. The number of benzene rings is 1. The third-order valence-electron chi connectivity index (χ3n) is 1.99. The van der Waals surface area contributed by atoms with Crippen LogP contribution in [0.4, 0.5) is 5.69 Å². The van der Waals surface area contributed by atoms with E-state index >= 15 is 0 Å². The van der Waals surface area contributed by atoms with Crippen molar-refractivity contribution in [1.29, 1.82) is 0 Å². The molecule has 0 saturated heterocycles. The molecule has 1 rings (SSSR count). The van der Waals surface area contributed by atoms with E-state index < -0.39 is 0 Å². The number of nitrogens with one attached hydrogen (secondary N) is 2. The van der Waals surface area contributed by atoms with Crippen LogP contribution in [0.3, 0.4) is 0 Å². The molecule has 0 aliphatic carbocycles. The first kappa shape index (κ1) is 10.5. The smallest absolute Gasteiger partial charge is 0.251 e. The van der Waals surface area contributed by atoms with Crippen molar-refractivity contribution < 1.29 is 4.79 Å². The van der Waals surface area contributed by atoms with E-state index in [1.165, 1.54) is 0 Å². The van der Waals surface area contributed by atoms with Crippen molar-refractivity contribution in [3.8, 4) is 0 Å². The van der Waals surface area contributed by atoms with Gasteiger partial charge in [-0.05, 0) is 31.5 Å². The molecule has 4 nitrogen and oxygen atoms in total. The van der Waals surface area contributed by atoms with E-state index in [1.54, 1.807) is 6.07 Å². The number of anilines is 1. The average Bonchev–Trinajstić information content (AvgIpc) is 2.19. The summed E-state index contributed by atoms with van der Waals surface area (Å²) in [4.78, 5) is 11.6. The van der Waals surface area contributed by atoms with Crippen molar-refractivity contribution in [2.75, 3.05) is 12.0 Å². The highest BCUT2D eigenvalue weighted by Crippen LogP contribution is 2.14. The van der Waals surface area contributed by atoms with Crippen LogP contribution in [0.1, 0.15) is 22.8 Å². The van der Waals surface area contributed by atoms with Crippen LogP contribution in [0.15, 0.2) is 18.2 Å². The number of nitrogen functional groups attached to an aromatic ring is 1. The van der Waals surface area contributed by atoms with Gasteiger partial charge in [0.2, 0.25) is 0 Å². The fourth-order valence-electron chi connectivity index (χ4n) is 1.21. The molecule has 0 fully saturated rings. The van der Waals surface area contributed by atoms with Crippen molar-refractivity contribution in [2.45, 2.75) is 13.8 Å². The van der Waals surface area contributed by atoms with Crippen LogP contribution in [-0.4, -0.2) is 12.5 Å². The minimum absolute atomic E-state index is 0.0675. The van der Waals surface area contributed by atoms with Crippen LogP contribution < -0.4 is 16.6 Å². The van der Waals surface area contributed by atoms with Crippen molar-refractivity contribution in [3.63, 3.8) is 0 Å². The molecule has 0 heterocycles. The minimum atomic E-state index is -0.0675. The number of aryl methyl sites for hydroxylation is 1. The molecule has 0 aliphatic heterocycles. The maximum absolute atomic E-state index is 11.6. The second-order valence-corrected chi connectivity index (χ2v) is 3.03. The first-order chi connectivity index (χ1) is 6.69. The topological polar surface area (TPSA) is 67.2 Å². The molecule has 1 aromatic carbocycles. The second-order valence-electron chi connectivity index (χ2n) is 3.03. The van der Waals surface area contributed by atoms with Gasteiger partial charge in [-0.15, -0.1) is 0 Å². The quantitative estimate of drug-likeness (QED) is 0.496. The van der Waals surface area contributed by atoms with Crippen molar-refractivity contribution in [2.24, 2.45) is 5.84 Å². The number of carbonyl (C=O) groups is 1. The Hall–Kier alpha value is -1.55. The van der Waals surface area contributed by atoms with Gasteiger partial charge in [0.15, 0.2) is 0 Å². The van der Waals surface area contributed by atoms with Crippen LogP contribution in [0, 0.1) is 6.92 Å². The lowest BCUT2D eigenvalue weighted by Crippen LogP contribution is -2.23. The summed E-state index contributed by atoms with van der Waals surface area (Å²) in [5.74, 6) is 5.19. The number of hydrogen-bond donors (Lipinski definition) is 3. The Kier molecular flexibility index (Phi) is 3.48. The van der Waals surface area contributed by atoms with Gasteiger partial charge in [0.25, 0.3) is 5.91 Å². The average molecular weight is 193 g/mol. The Balaban J connectivity index is 2.99. The number of carbonyl (C=O) groups excluding carboxylic acids is 1. The lowest BCUT2D eigenvalue weighted by Gasteiger charge is -2.08. The van der Waals surface area contributed by atoms with Crippen LogP contribution >= 0.6 is 0 Å². The molecule has 4 N–H and O–H groups in total. The van der Waals surface area contributed by atoms with Gasteiger partial charge in [-0.25, -0.2) is 0 Å². The number of hydrogen-bond acceptors (Lipinski definition) is 3. The lowest BCUT2D eigenvalue weighted by atomic mass is 10.1. The van der Waals surface area contributed by atoms with Gasteiger partial charge in [0.1, 0.15) is 0 Å². The number of rotatable bonds is 3. The van der Waals surface area contributed by atoms with E-state index in [2.05, 4.69) is 10.7 Å². The van der Waals surface area contributed by atoms with Gasteiger partial charge in [-0.2, -0.15) is 0 Å². The third kappa shape index (κ3) is 2.23. The summed E-state index contributed by atoms with van der Waals surface area (Å²) in [6.07, 6.45) is 0. The summed E-state index contributed by atoms with van der Waals surface area (Å²) in [5, 5.41) is 2.75. The van der Waals surface area contributed by atoms with Gasteiger partial charge in [-0.1, -0.05) is 6.07 Å². The molecule has 0 aliphatic rings. The molecular formula is C10H15N3O. The predicted octanol–water partition coefficient (Wildman–Crippen LogP) is 1.03. The van der Waals surface area contributed by atoms with Crippen molar-refractivity contribution >= 4 is 11.6 Å². The zero-order valence-electron chi connectivity index (χ0n) is 8.42. The summed E-state index contributed by atoms with van der Waals surface area (Å²) in [7, 11) is 0. The van der Waals surface area contributed by atoms with E-state index in [9.17, 15) is 4.79 Å². The molecular weight excluding hydrogens is 178 g/mol. The van der Waals surface area contributed by atoms with E-state index in [-0.39, 0.29) is 5.91 Å². The first-order valence-corrected chi connectivity index (χ1v) is 4.54. The monoisotopic (exact) mass is 193 g/mol. The highest BCUT2D eigenvalue weighted by molar-refractivity contribution is 5.96. The van der Waals surface area contributed by atoms with Gasteiger partial charge in [0, 0.05) is 17.8 Å². The van der Waals surface area contributed by atoms with E-state index in [4.69, 9.17) is 5.84 Å². The molecule has 0 aromatic heterocycles. The molecule has 0 bridgehead atoms. The van der Waals surface area contributed by atoms with Crippen LogP contribution in [0.5, 0.6) is 0 Å². The molecule has 4 heteroatoms. The summed E-state index contributed by atoms with van der Waals surface area (Å²) in [6.45, 7) is 4.40. The Morgan fingerprint density at radius 1 is 1.50 bits per heavy atom. The molecule has 1 amide bonds. The first-order valence-electron chi connectivity index (χ1n) is 4.54. The zero-order chi connectivity index (χ0) is 10.6. The highest BCUT2D eigenvalue weighted by Gasteiger charge is 2.07. The van der Waals surface area contributed by atoms with Crippen LogP contribution in [0.25, 0.3) is 0 Å². The number of hydrazine groups is 1. The summed E-state index contributed by atoms with van der Waals surface area (Å²) < 4.78 is 0. The van der Waals surface area contributed by atoms with Crippen molar-refractivity contribution in [3.05, 3.63) is 29.3 Å². The van der Waals surface area contributed by atoms with Crippen molar-refractivity contribution in [1.82, 2.24) is 5.32 Å². The molecule has 14 heavy (non-hydrogen) atoms. The third-order valence-corrected chi connectivity index (χ3v) is 1.99. The number of nitrogens with two attached hydrogens (primary N) is 1. The Morgan fingerprint density at radius 3 is 2.79 bits per heavy atom. The van der Waals surface area contributed by atoms with E-state index in [0.717, 1.165) is 11.3 Å². The highest BCUT2D eigenvalue weighted by atomic mass is 16.1. The fourth-order valence-corrected chi connectivity index (χ4v) is 1.21. The van der Waals surface area contributed by atoms with Gasteiger partial charge < -0.3 is 10.7 Å². The molecule has 0 saturated carbocycles. The maximum Gasteiger partial charge on any atom is 0.251 e.